The Bertz CT molecular complexity index is 840. The summed E-state index contributed by atoms with van der Waals surface area (Å²) in [6, 6.07) is 11.8. The first kappa shape index (κ1) is 22.5. The number of methoxy groups -OCH3 is 1. The smallest absolute Gasteiger partial charge is 0.248 e. The summed E-state index contributed by atoms with van der Waals surface area (Å²) in [6.07, 6.45) is 3.40. The normalized spacial score (nSPS) is 11.5. The van der Waals surface area contributed by atoms with Crippen LogP contribution in [0.3, 0.4) is 0 Å². The fraction of sp³-hybridized carbons (Fsp3) is 0.400. The van der Waals surface area contributed by atoms with E-state index in [9.17, 15) is 4.79 Å². The first-order chi connectivity index (χ1) is 13.7. The topological polar surface area (TPSA) is 47.6 Å². The molecular formula is C25H33NO3. The Balaban J connectivity index is 2.23. The number of hydrogen-bond acceptors (Lipinski definition) is 3. The molecule has 0 saturated heterocycles. The van der Waals surface area contributed by atoms with Gasteiger partial charge in [0.15, 0.2) is 11.5 Å². The number of rotatable bonds is 8. The number of carbonyl (C=O) groups is 1. The maximum Gasteiger partial charge on any atom is 0.248 e. The average molecular weight is 396 g/mol. The predicted molar refractivity (Wildman–Crippen MR) is 121 cm³/mol. The number of para-hydroxylation sites is 1. The molecular weight excluding hydrogens is 362 g/mol. The summed E-state index contributed by atoms with van der Waals surface area (Å²) in [6.45, 7) is 12.5. The second-order valence-electron chi connectivity index (χ2n) is 8.02. The van der Waals surface area contributed by atoms with Crippen molar-refractivity contribution in [1.82, 2.24) is 0 Å². The molecule has 2 rings (SSSR count). The summed E-state index contributed by atoms with van der Waals surface area (Å²) >= 11 is 0. The van der Waals surface area contributed by atoms with Gasteiger partial charge in [0.1, 0.15) is 0 Å². The van der Waals surface area contributed by atoms with Crippen LogP contribution in [0.15, 0.2) is 42.5 Å². The summed E-state index contributed by atoms with van der Waals surface area (Å²) in [5, 5.41) is 3.10. The van der Waals surface area contributed by atoms with Crippen molar-refractivity contribution in [2.75, 3.05) is 12.4 Å². The maximum absolute atomic E-state index is 12.6. The Hall–Kier alpha value is -2.75. The van der Waals surface area contributed by atoms with Crippen LogP contribution < -0.4 is 14.8 Å². The second kappa shape index (κ2) is 10.1. The van der Waals surface area contributed by atoms with Gasteiger partial charge < -0.3 is 14.8 Å². The number of nitrogens with one attached hydrogen (secondary N) is 1. The molecule has 0 saturated carbocycles. The summed E-state index contributed by atoms with van der Waals surface area (Å²) < 4.78 is 11.2. The molecule has 0 heterocycles. The van der Waals surface area contributed by atoms with Crippen LogP contribution in [0.2, 0.25) is 0 Å². The lowest BCUT2D eigenvalue weighted by atomic mass is 9.92. The zero-order valence-electron chi connectivity index (χ0n) is 18.6. The van der Waals surface area contributed by atoms with Crippen molar-refractivity contribution < 1.29 is 14.3 Å². The van der Waals surface area contributed by atoms with Gasteiger partial charge in [-0.2, -0.15) is 0 Å². The van der Waals surface area contributed by atoms with Crippen LogP contribution in [0.1, 0.15) is 70.1 Å². The molecule has 0 aliphatic heterocycles. The molecule has 2 aromatic carbocycles. The van der Waals surface area contributed by atoms with Crippen molar-refractivity contribution in [2.45, 2.75) is 59.5 Å². The maximum atomic E-state index is 12.6. The molecule has 0 aliphatic rings. The quantitative estimate of drug-likeness (QED) is 0.528. The third-order valence-corrected chi connectivity index (χ3v) is 4.60. The van der Waals surface area contributed by atoms with Gasteiger partial charge in [-0.25, -0.2) is 0 Å². The first-order valence-corrected chi connectivity index (χ1v) is 10.2. The van der Waals surface area contributed by atoms with Gasteiger partial charge in [0.25, 0.3) is 0 Å². The minimum Gasteiger partial charge on any atom is -0.493 e. The minimum atomic E-state index is -0.151. The third kappa shape index (κ3) is 6.11. The van der Waals surface area contributed by atoms with E-state index < -0.39 is 0 Å². The second-order valence-corrected chi connectivity index (χ2v) is 8.02. The van der Waals surface area contributed by atoms with Gasteiger partial charge in [0, 0.05) is 11.8 Å². The van der Waals surface area contributed by atoms with E-state index >= 15 is 0 Å². The number of ether oxygens (including phenoxy) is 2. The number of hydrogen-bond donors (Lipinski definition) is 1. The molecule has 2 aromatic rings. The Morgan fingerprint density at radius 2 is 1.55 bits per heavy atom. The van der Waals surface area contributed by atoms with E-state index in [1.807, 2.05) is 32.0 Å². The SMILES string of the molecule is COc1cc(/C=C/C(=O)Nc2c(C(C)C)cccc2C(C)C)ccc1OC(C)C. The molecule has 29 heavy (non-hydrogen) atoms. The van der Waals surface area contributed by atoms with Crippen LogP contribution >= 0.6 is 0 Å². The Kier molecular flexibility index (Phi) is 7.89. The van der Waals surface area contributed by atoms with Crippen molar-refractivity contribution >= 4 is 17.7 Å². The summed E-state index contributed by atoms with van der Waals surface area (Å²) in [5.41, 5.74) is 4.09. The largest absolute Gasteiger partial charge is 0.493 e. The number of amides is 1. The van der Waals surface area contributed by atoms with Crippen molar-refractivity contribution in [3.63, 3.8) is 0 Å². The lowest BCUT2D eigenvalue weighted by Gasteiger charge is -2.19. The van der Waals surface area contributed by atoms with Crippen LogP contribution in [0.5, 0.6) is 11.5 Å². The Morgan fingerprint density at radius 3 is 2.07 bits per heavy atom. The lowest BCUT2D eigenvalue weighted by molar-refractivity contribution is -0.111. The molecule has 1 N–H and O–H groups in total. The monoisotopic (exact) mass is 395 g/mol. The summed E-state index contributed by atoms with van der Waals surface area (Å²) in [5.74, 6) is 1.84. The average Bonchev–Trinajstić information content (AvgIpc) is 2.66. The predicted octanol–water partition coefficient (Wildman–Crippen LogP) is 6.38. The standard InChI is InChI=1S/C25H33NO3/c1-16(2)20-9-8-10-21(17(3)4)25(20)26-24(27)14-12-19-11-13-22(29-18(5)6)23(15-19)28-7/h8-18H,1-7H3,(H,26,27)/b14-12+. The highest BCUT2D eigenvalue weighted by atomic mass is 16.5. The van der Waals surface area contributed by atoms with Crippen LogP contribution in [-0.2, 0) is 4.79 Å². The van der Waals surface area contributed by atoms with Gasteiger partial charge in [-0.1, -0.05) is 52.0 Å². The Labute approximate surface area is 174 Å². The molecule has 0 spiro atoms. The van der Waals surface area contributed by atoms with Crippen molar-refractivity contribution in [2.24, 2.45) is 0 Å². The van der Waals surface area contributed by atoms with Gasteiger partial charge in [0.05, 0.1) is 13.2 Å². The molecule has 0 aromatic heterocycles. The fourth-order valence-electron chi connectivity index (χ4n) is 3.17. The van der Waals surface area contributed by atoms with Gasteiger partial charge >= 0.3 is 0 Å². The molecule has 4 heteroatoms. The molecule has 1 amide bonds. The van der Waals surface area contributed by atoms with Gasteiger partial charge in [-0.05, 0) is 60.6 Å². The summed E-state index contributed by atoms with van der Waals surface area (Å²) in [4.78, 5) is 12.6. The molecule has 156 valence electrons. The fourth-order valence-corrected chi connectivity index (χ4v) is 3.17. The summed E-state index contributed by atoms with van der Waals surface area (Å²) in [7, 11) is 1.61. The van der Waals surface area contributed by atoms with E-state index in [1.54, 1.807) is 19.3 Å². The zero-order valence-corrected chi connectivity index (χ0v) is 18.6. The van der Waals surface area contributed by atoms with Gasteiger partial charge in [0.2, 0.25) is 5.91 Å². The highest BCUT2D eigenvalue weighted by Gasteiger charge is 2.15. The zero-order chi connectivity index (χ0) is 21.6. The van der Waals surface area contributed by atoms with E-state index in [2.05, 4.69) is 51.2 Å². The minimum absolute atomic E-state index is 0.0623. The number of anilines is 1. The van der Waals surface area contributed by atoms with Crippen molar-refractivity contribution in [1.29, 1.82) is 0 Å². The number of carbonyl (C=O) groups excluding carboxylic acids is 1. The van der Waals surface area contributed by atoms with Crippen LogP contribution in [0.25, 0.3) is 6.08 Å². The Morgan fingerprint density at radius 1 is 0.931 bits per heavy atom. The molecule has 0 fully saturated rings. The molecule has 0 bridgehead atoms. The number of benzene rings is 2. The highest BCUT2D eigenvalue weighted by Crippen LogP contribution is 2.32. The molecule has 0 radical (unpaired) electrons. The van der Waals surface area contributed by atoms with Crippen molar-refractivity contribution in [3.8, 4) is 11.5 Å². The van der Waals surface area contributed by atoms with Crippen LogP contribution in [0.4, 0.5) is 5.69 Å². The van der Waals surface area contributed by atoms with E-state index in [1.165, 1.54) is 0 Å². The van der Waals surface area contributed by atoms with Crippen molar-refractivity contribution in [3.05, 3.63) is 59.2 Å². The lowest BCUT2D eigenvalue weighted by Crippen LogP contribution is -2.13. The third-order valence-electron chi connectivity index (χ3n) is 4.60. The van der Waals surface area contributed by atoms with Crippen LogP contribution in [0, 0.1) is 0 Å². The highest BCUT2D eigenvalue weighted by molar-refractivity contribution is 6.03. The van der Waals surface area contributed by atoms with E-state index in [0.717, 1.165) is 22.4 Å². The van der Waals surface area contributed by atoms with Gasteiger partial charge in [-0.3, -0.25) is 4.79 Å². The molecule has 0 unspecified atom stereocenters. The molecule has 4 nitrogen and oxygen atoms in total. The van der Waals surface area contributed by atoms with E-state index in [4.69, 9.17) is 9.47 Å². The van der Waals surface area contributed by atoms with E-state index in [-0.39, 0.29) is 12.0 Å². The molecule has 0 atom stereocenters. The molecule has 0 aliphatic carbocycles. The van der Waals surface area contributed by atoms with E-state index in [0.29, 0.717) is 23.3 Å². The van der Waals surface area contributed by atoms with Gasteiger partial charge in [-0.15, -0.1) is 0 Å². The van der Waals surface area contributed by atoms with Crippen LogP contribution in [-0.4, -0.2) is 19.1 Å². The first-order valence-electron chi connectivity index (χ1n) is 10.2.